The number of aryl methyl sites for hydroxylation is 1. The van der Waals surface area contributed by atoms with E-state index in [1.807, 2.05) is 43.1 Å². The molecule has 1 aromatic carbocycles. The van der Waals surface area contributed by atoms with Crippen molar-refractivity contribution >= 4 is 18.3 Å². The maximum absolute atomic E-state index is 12.6. The molecule has 2 heterocycles. The number of piperidine rings is 1. The van der Waals surface area contributed by atoms with Gasteiger partial charge < -0.3 is 10.2 Å². The summed E-state index contributed by atoms with van der Waals surface area (Å²) in [7, 11) is 1.99. The quantitative estimate of drug-likeness (QED) is 0.856. The van der Waals surface area contributed by atoms with E-state index in [0.717, 1.165) is 55.3 Å². The van der Waals surface area contributed by atoms with Crippen molar-refractivity contribution in [1.29, 1.82) is 0 Å². The number of likely N-dealkylation sites (tertiary alicyclic amines) is 1. The molecule has 0 saturated carbocycles. The van der Waals surface area contributed by atoms with E-state index in [1.165, 1.54) is 6.42 Å². The highest BCUT2D eigenvalue weighted by Gasteiger charge is 2.23. The number of aromatic amines is 1. The topological polar surface area (TPSA) is 73.9 Å². The van der Waals surface area contributed by atoms with Crippen LogP contribution in [0.5, 0.6) is 0 Å². The number of carbonyl (C=O) groups is 1. The molecule has 0 unspecified atom stereocenters. The van der Waals surface area contributed by atoms with Gasteiger partial charge in [-0.15, -0.1) is 12.4 Å². The zero-order valence-electron chi connectivity index (χ0n) is 14.8. The van der Waals surface area contributed by atoms with E-state index in [1.54, 1.807) is 0 Å². The summed E-state index contributed by atoms with van der Waals surface area (Å²) in [6, 6.07) is 7.57. The molecule has 1 aliphatic rings. The molecular formula is C18H26ClN5O. The van der Waals surface area contributed by atoms with Gasteiger partial charge in [0.05, 0.1) is 0 Å². The number of hydrogen-bond acceptors (Lipinski definition) is 4. The lowest BCUT2D eigenvalue weighted by atomic mass is 9.93. The molecule has 1 aliphatic heterocycles. The number of carbonyl (C=O) groups excluding carboxylic acids is 1. The van der Waals surface area contributed by atoms with Gasteiger partial charge in [-0.1, -0.05) is 12.1 Å². The van der Waals surface area contributed by atoms with Crippen molar-refractivity contribution in [2.75, 3.05) is 26.7 Å². The van der Waals surface area contributed by atoms with Crippen molar-refractivity contribution in [2.45, 2.75) is 26.2 Å². The smallest absolute Gasteiger partial charge is 0.253 e. The molecule has 1 aromatic heterocycles. The van der Waals surface area contributed by atoms with Gasteiger partial charge >= 0.3 is 0 Å². The van der Waals surface area contributed by atoms with Gasteiger partial charge in [-0.25, -0.2) is 4.98 Å². The Morgan fingerprint density at radius 1 is 1.28 bits per heavy atom. The van der Waals surface area contributed by atoms with Crippen LogP contribution in [0.25, 0.3) is 11.4 Å². The van der Waals surface area contributed by atoms with Gasteiger partial charge in [0.1, 0.15) is 5.82 Å². The first kappa shape index (κ1) is 19.4. The maximum Gasteiger partial charge on any atom is 0.253 e. The molecule has 7 heteroatoms. The second kappa shape index (κ2) is 8.97. The van der Waals surface area contributed by atoms with Crippen molar-refractivity contribution < 1.29 is 4.79 Å². The lowest BCUT2D eigenvalue weighted by molar-refractivity contribution is 0.0687. The number of hydrogen-bond donors (Lipinski definition) is 2. The van der Waals surface area contributed by atoms with Gasteiger partial charge in [-0.3, -0.25) is 9.89 Å². The Hall–Kier alpha value is -1.92. The van der Waals surface area contributed by atoms with E-state index in [-0.39, 0.29) is 18.3 Å². The van der Waals surface area contributed by atoms with Crippen LogP contribution in [0.2, 0.25) is 0 Å². The fourth-order valence-electron chi connectivity index (χ4n) is 3.19. The molecule has 0 aliphatic carbocycles. The molecule has 0 spiro atoms. The van der Waals surface area contributed by atoms with Crippen LogP contribution in [-0.4, -0.2) is 52.7 Å². The number of rotatable bonds is 5. The van der Waals surface area contributed by atoms with Gasteiger partial charge in [-0.05, 0) is 57.8 Å². The fraction of sp³-hybridized carbons (Fsp3) is 0.500. The summed E-state index contributed by atoms with van der Waals surface area (Å²) in [4.78, 5) is 18.9. The van der Waals surface area contributed by atoms with Gasteiger partial charge in [0.2, 0.25) is 0 Å². The molecule has 0 bridgehead atoms. The van der Waals surface area contributed by atoms with Gasteiger partial charge in [-0.2, -0.15) is 5.10 Å². The van der Waals surface area contributed by atoms with E-state index in [2.05, 4.69) is 20.5 Å². The van der Waals surface area contributed by atoms with Crippen LogP contribution in [0, 0.1) is 12.8 Å². The van der Waals surface area contributed by atoms with Gasteiger partial charge in [0, 0.05) is 24.2 Å². The zero-order valence-corrected chi connectivity index (χ0v) is 15.6. The third kappa shape index (κ3) is 4.80. The molecule has 136 valence electrons. The summed E-state index contributed by atoms with van der Waals surface area (Å²) in [6.07, 6.45) is 3.40. The normalized spacial score (nSPS) is 15.0. The molecule has 1 saturated heterocycles. The molecule has 3 rings (SSSR count). The van der Waals surface area contributed by atoms with E-state index in [9.17, 15) is 4.79 Å². The Morgan fingerprint density at radius 3 is 2.52 bits per heavy atom. The first-order valence-corrected chi connectivity index (χ1v) is 8.60. The van der Waals surface area contributed by atoms with E-state index in [0.29, 0.717) is 5.82 Å². The summed E-state index contributed by atoms with van der Waals surface area (Å²) in [5.74, 6) is 2.31. The standard InChI is InChI=1S/C18H25N5O.ClH/c1-13-20-17(22-21-13)15-3-5-16(6-4-15)18(24)23-11-8-14(9-12-23)7-10-19-2;/h3-6,14,19H,7-12H2,1-2H3,(H,20,21,22);1H. The SMILES string of the molecule is CNCCC1CCN(C(=O)c2ccc(-c3n[nH]c(C)n3)cc2)CC1.Cl. The fourth-order valence-corrected chi connectivity index (χ4v) is 3.19. The molecule has 0 atom stereocenters. The minimum atomic E-state index is 0. The van der Waals surface area contributed by atoms with E-state index in [4.69, 9.17) is 0 Å². The van der Waals surface area contributed by atoms with Gasteiger partial charge in [0.15, 0.2) is 5.82 Å². The minimum Gasteiger partial charge on any atom is -0.339 e. The number of nitrogens with zero attached hydrogens (tertiary/aromatic N) is 3. The average molecular weight is 364 g/mol. The Bertz CT molecular complexity index is 677. The molecule has 1 amide bonds. The van der Waals surface area contributed by atoms with Crippen molar-refractivity contribution in [3.63, 3.8) is 0 Å². The molecule has 2 N–H and O–H groups in total. The number of benzene rings is 1. The van der Waals surface area contributed by atoms with E-state index >= 15 is 0 Å². The Kier molecular flexibility index (Phi) is 6.96. The molecule has 0 radical (unpaired) electrons. The highest BCUT2D eigenvalue weighted by atomic mass is 35.5. The first-order chi connectivity index (χ1) is 11.7. The van der Waals surface area contributed by atoms with Crippen molar-refractivity contribution in [3.8, 4) is 11.4 Å². The van der Waals surface area contributed by atoms with Crippen molar-refractivity contribution in [1.82, 2.24) is 25.4 Å². The Morgan fingerprint density at radius 2 is 1.96 bits per heavy atom. The molecule has 25 heavy (non-hydrogen) atoms. The minimum absolute atomic E-state index is 0. The molecule has 2 aromatic rings. The third-order valence-corrected chi connectivity index (χ3v) is 4.69. The monoisotopic (exact) mass is 363 g/mol. The largest absolute Gasteiger partial charge is 0.339 e. The van der Waals surface area contributed by atoms with Crippen LogP contribution < -0.4 is 5.32 Å². The Labute approximate surface area is 154 Å². The summed E-state index contributed by atoms with van der Waals surface area (Å²) < 4.78 is 0. The van der Waals surface area contributed by atoms with Crippen LogP contribution in [0.15, 0.2) is 24.3 Å². The number of halogens is 1. The van der Waals surface area contributed by atoms with Crippen LogP contribution in [0.1, 0.15) is 35.4 Å². The number of amides is 1. The maximum atomic E-state index is 12.6. The summed E-state index contributed by atoms with van der Waals surface area (Å²) >= 11 is 0. The van der Waals surface area contributed by atoms with Crippen LogP contribution in [0.3, 0.4) is 0 Å². The first-order valence-electron chi connectivity index (χ1n) is 8.60. The molecule has 6 nitrogen and oxygen atoms in total. The lowest BCUT2D eigenvalue weighted by Gasteiger charge is -2.32. The zero-order chi connectivity index (χ0) is 16.9. The third-order valence-electron chi connectivity index (χ3n) is 4.69. The summed E-state index contributed by atoms with van der Waals surface area (Å²) in [6.45, 7) is 4.64. The van der Waals surface area contributed by atoms with Crippen LogP contribution >= 0.6 is 12.4 Å². The number of H-pyrrole nitrogens is 1. The average Bonchev–Trinajstić information content (AvgIpc) is 3.06. The Balaban J connectivity index is 0.00000225. The lowest BCUT2D eigenvalue weighted by Crippen LogP contribution is -2.38. The predicted molar refractivity (Wildman–Crippen MR) is 101 cm³/mol. The summed E-state index contributed by atoms with van der Waals surface area (Å²) in [5, 5.41) is 10.2. The van der Waals surface area contributed by atoms with Gasteiger partial charge in [0.25, 0.3) is 5.91 Å². The second-order valence-electron chi connectivity index (χ2n) is 6.45. The molecular weight excluding hydrogens is 338 g/mol. The number of nitrogens with one attached hydrogen (secondary N) is 2. The molecule has 1 fully saturated rings. The highest BCUT2D eigenvalue weighted by molar-refractivity contribution is 5.94. The predicted octanol–water partition coefficient (Wildman–Crippen LogP) is 2.66. The second-order valence-corrected chi connectivity index (χ2v) is 6.45. The van der Waals surface area contributed by atoms with E-state index < -0.39 is 0 Å². The highest BCUT2D eigenvalue weighted by Crippen LogP contribution is 2.22. The van der Waals surface area contributed by atoms with Crippen LogP contribution in [0.4, 0.5) is 0 Å². The van der Waals surface area contributed by atoms with Crippen LogP contribution in [-0.2, 0) is 0 Å². The van der Waals surface area contributed by atoms with Crippen molar-refractivity contribution in [3.05, 3.63) is 35.7 Å². The van der Waals surface area contributed by atoms with Crippen molar-refractivity contribution in [2.24, 2.45) is 5.92 Å². The number of aromatic nitrogens is 3. The summed E-state index contributed by atoms with van der Waals surface area (Å²) in [5.41, 5.74) is 1.65.